The summed E-state index contributed by atoms with van der Waals surface area (Å²) in [5.74, 6) is -0.283. The third kappa shape index (κ3) is 3.82. The van der Waals surface area contributed by atoms with Crippen LogP contribution in [0.25, 0.3) is 10.8 Å². The Balaban J connectivity index is 1.62. The van der Waals surface area contributed by atoms with Crippen molar-refractivity contribution in [3.05, 3.63) is 112 Å². The molecule has 0 saturated heterocycles. The molecule has 0 aliphatic heterocycles. The summed E-state index contributed by atoms with van der Waals surface area (Å²) in [6, 6.07) is 23.9. The molecule has 3 aromatic carbocycles. The third-order valence-electron chi connectivity index (χ3n) is 4.57. The van der Waals surface area contributed by atoms with Crippen LogP contribution in [0.15, 0.2) is 89.9 Å². The summed E-state index contributed by atoms with van der Waals surface area (Å²) in [4.78, 5) is 24.9. The SMILES string of the molecule is O=C(Nc1ccc(Cl)cc1)c1ccc(=O)n(Cc2cccc3ccccc23)c1. The van der Waals surface area contributed by atoms with Gasteiger partial charge >= 0.3 is 0 Å². The highest BCUT2D eigenvalue weighted by atomic mass is 35.5. The van der Waals surface area contributed by atoms with E-state index in [1.807, 2.05) is 42.5 Å². The quantitative estimate of drug-likeness (QED) is 0.537. The Morgan fingerprint density at radius 2 is 1.64 bits per heavy atom. The zero-order valence-electron chi connectivity index (χ0n) is 14.9. The number of pyridine rings is 1. The molecule has 0 spiro atoms. The zero-order valence-corrected chi connectivity index (χ0v) is 15.7. The monoisotopic (exact) mass is 388 g/mol. The van der Waals surface area contributed by atoms with Crippen molar-refractivity contribution in [3.63, 3.8) is 0 Å². The Morgan fingerprint density at radius 3 is 2.46 bits per heavy atom. The molecule has 0 aliphatic carbocycles. The molecule has 4 aromatic rings. The zero-order chi connectivity index (χ0) is 19.5. The molecule has 1 aromatic heterocycles. The lowest BCUT2D eigenvalue weighted by Crippen LogP contribution is -2.22. The van der Waals surface area contributed by atoms with Crippen LogP contribution >= 0.6 is 11.6 Å². The number of fused-ring (bicyclic) bond motifs is 1. The normalized spacial score (nSPS) is 10.8. The van der Waals surface area contributed by atoms with Gasteiger partial charge in [0.1, 0.15) is 0 Å². The molecule has 0 saturated carbocycles. The average Bonchev–Trinajstić information content (AvgIpc) is 2.71. The number of carbonyl (C=O) groups excluding carboxylic acids is 1. The first-order valence-electron chi connectivity index (χ1n) is 8.84. The fraction of sp³-hybridized carbons (Fsp3) is 0.0435. The van der Waals surface area contributed by atoms with Crippen molar-refractivity contribution in [2.24, 2.45) is 0 Å². The first kappa shape index (κ1) is 18.0. The second-order valence-corrected chi connectivity index (χ2v) is 6.92. The molecule has 0 bridgehead atoms. The Bertz CT molecular complexity index is 1210. The van der Waals surface area contributed by atoms with E-state index in [-0.39, 0.29) is 11.5 Å². The molecule has 1 amide bonds. The maximum atomic E-state index is 12.6. The first-order chi connectivity index (χ1) is 13.6. The van der Waals surface area contributed by atoms with Gasteiger partial charge < -0.3 is 9.88 Å². The number of carbonyl (C=O) groups is 1. The van der Waals surface area contributed by atoms with Gasteiger partial charge in [-0.3, -0.25) is 9.59 Å². The van der Waals surface area contributed by atoms with Crippen molar-refractivity contribution < 1.29 is 4.79 Å². The van der Waals surface area contributed by atoms with E-state index >= 15 is 0 Å². The number of halogens is 1. The molecule has 4 rings (SSSR count). The highest BCUT2D eigenvalue weighted by Gasteiger charge is 2.10. The van der Waals surface area contributed by atoms with Crippen LogP contribution in [0.1, 0.15) is 15.9 Å². The molecule has 1 N–H and O–H groups in total. The molecule has 28 heavy (non-hydrogen) atoms. The van der Waals surface area contributed by atoms with E-state index in [4.69, 9.17) is 11.6 Å². The molecule has 1 heterocycles. The predicted molar refractivity (Wildman–Crippen MR) is 113 cm³/mol. The largest absolute Gasteiger partial charge is 0.322 e. The fourth-order valence-corrected chi connectivity index (χ4v) is 3.27. The number of amides is 1. The summed E-state index contributed by atoms with van der Waals surface area (Å²) in [6.07, 6.45) is 1.59. The number of aromatic nitrogens is 1. The summed E-state index contributed by atoms with van der Waals surface area (Å²) in [7, 11) is 0. The molecular formula is C23H17ClN2O2. The van der Waals surface area contributed by atoms with Crippen molar-refractivity contribution in [3.8, 4) is 0 Å². The van der Waals surface area contributed by atoms with E-state index in [1.165, 1.54) is 12.1 Å². The average molecular weight is 389 g/mol. The van der Waals surface area contributed by atoms with Gasteiger partial charge in [0.2, 0.25) is 0 Å². The van der Waals surface area contributed by atoms with Crippen molar-refractivity contribution in [1.82, 2.24) is 4.57 Å². The number of nitrogens with one attached hydrogen (secondary N) is 1. The lowest BCUT2D eigenvalue weighted by Gasteiger charge is -2.11. The fourth-order valence-electron chi connectivity index (χ4n) is 3.14. The third-order valence-corrected chi connectivity index (χ3v) is 4.82. The van der Waals surface area contributed by atoms with E-state index in [0.717, 1.165) is 16.3 Å². The minimum absolute atomic E-state index is 0.157. The number of rotatable bonds is 4. The van der Waals surface area contributed by atoms with Crippen LogP contribution in [-0.2, 0) is 6.54 Å². The van der Waals surface area contributed by atoms with Crippen molar-refractivity contribution in [2.45, 2.75) is 6.54 Å². The van der Waals surface area contributed by atoms with Gasteiger partial charge in [-0.15, -0.1) is 0 Å². The first-order valence-corrected chi connectivity index (χ1v) is 9.22. The lowest BCUT2D eigenvalue weighted by molar-refractivity contribution is 0.102. The topological polar surface area (TPSA) is 51.1 Å². The summed E-state index contributed by atoms with van der Waals surface area (Å²) < 4.78 is 1.55. The Morgan fingerprint density at radius 1 is 0.893 bits per heavy atom. The van der Waals surface area contributed by atoms with Gasteiger partial charge in [0, 0.05) is 23.0 Å². The standard InChI is InChI=1S/C23H17ClN2O2/c24-19-9-11-20(12-10-19)25-23(28)18-8-13-22(27)26(15-18)14-17-6-3-5-16-4-1-2-7-21(16)17/h1-13,15H,14H2,(H,25,28). The predicted octanol–water partition coefficient (Wildman–Crippen LogP) is 4.96. The second-order valence-electron chi connectivity index (χ2n) is 6.48. The van der Waals surface area contributed by atoms with Crippen LogP contribution in [0.3, 0.4) is 0 Å². The summed E-state index contributed by atoms with van der Waals surface area (Å²) >= 11 is 5.87. The summed E-state index contributed by atoms with van der Waals surface area (Å²) in [6.45, 7) is 0.391. The molecule has 5 heteroatoms. The number of hydrogen-bond donors (Lipinski definition) is 1. The van der Waals surface area contributed by atoms with E-state index in [2.05, 4.69) is 5.32 Å². The van der Waals surface area contributed by atoms with Crippen LogP contribution in [-0.4, -0.2) is 10.5 Å². The highest BCUT2D eigenvalue weighted by molar-refractivity contribution is 6.30. The van der Waals surface area contributed by atoms with Gasteiger partial charge in [0.15, 0.2) is 0 Å². The molecule has 0 unspecified atom stereocenters. The van der Waals surface area contributed by atoms with Crippen molar-refractivity contribution in [2.75, 3.05) is 5.32 Å². The maximum absolute atomic E-state index is 12.6. The van der Waals surface area contributed by atoms with Gasteiger partial charge in [-0.1, -0.05) is 54.1 Å². The van der Waals surface area contributed by atoms with Gasteiger partial charge in [-0.05, 0) is 46.7 Å². The minimum atomic E-state index is -0.283. The van der Waals surface area contributed by atoms with Crippen LogP contribution in [0.5, 0.6) is 0 Å². The van der Waals surface area contributed by atoms with E-state index in [0.29, 0.717) is 22.8 Å². The van der Waals surface area contributed by atoms with Gasteiger partial charge in [0.05, 0.1) is 12.1 Å². The van der Waals surface area contributed by atoms with Gasteiger partial charge in [0.25, 0.3) is 11.5 Å². The molecule has 4 nitrogen and oxygen atoms in total. The number of benzene rings is 3. The minimum Gasteiger partial charge on any atom is -0.322 e. The van der Waals surface area contributed by atoms with Crippen LogP contribution < -0.4 is 10.9 Å². The number of anilines is 1. The molecule has 0 atom stereocenters. The number of nitrogens with zero attached hydrogens (tertiary/aromatic N) is 1. The van der Waals surface area contributed by atoms with E-state index in [1.54, 1.807) is 35.0 Å². The molecule has 0 aliphatic rings. The second kappa shape index (κ2) is 7.71. The molecule has 0 fully saturated rings. The lowest BCUT2D eigenvalue weighted by atomic mass is 10.0. The Kier molecular flexibility index (Phi) is 4.96. The summed E-state index contributed by atoms with van der Waals surface area (Å²) in [5, 5.41) is 5.62. The Labute approximate surface area is 167 Å². The van der Waals surface area contributed by atoms with E-state index in [9.17, 15) is 9.59 Å². The van der Waals surface area contributed by atoms with Crippen LogP contribution in [0, 0.1) is 0 Å². The van der Waals surface area contributed by atoms with Crippen molar-refractivity contribution in [1.29, 1.82) is 0 Å². The molecule has 0 radical (unpaired) electrons. The van der Waals surface area contributed by atoms with Crippen LogP contribution in [0.4, 0.5) is 5.69 Å². The Hall–Kier alpha value is -3.37. The van der Waals surface area contributed by atoms with E-state index < -0.39 is 0 Å². The maximum Gasteiger partial charge on any atom is 0.257 e. The number of hydrogen-bond acceptors (Lipinski definition) is 2. The highest BCUT2D eigenvalue weighted by Crippen LogP contribution is 2.19. The molecule has 138 valence electrons. The molecular weight excluding hydrogens is 372 g/mol. The summed E-state index contributed by atoms with van der Waals surface area (Å²) in [5.41, 5.74) is 1.92. The van der Waals surface area contributed by atoms with Crippen LogP contribution in [0.2, 0.25) is 5.02 Å². The smallest absolute Gasteiger partial charge is 0.257 e. The van der Waals surface area contributed by atoms with Gasteiger partial charge in [-0.25, -0.2) is 0 Å². The van der Waals surface area contributed by atoms with Crippen molar-refractivity contribution >= 4 is 34.0 Å². The van der Waals surface area contributed by atoms with Gasteiger partial charge in [-0.2, -0.15) is 0 Å².